The van der Waals surface area contributed by atoms with Gasteiger partial charge in [-0.3, -0.25) is 14.5 Å². The summed E-state index contributed by atoms with van der Waals surface area (Å²) in [6.07, 6.45) is 2.75. The summed E-state index contributed by atoms with van der Waals surface area (Å²) in [5.41, 5.74) is 2.77. The number of nitrogens with one attached hydrogen (secondary N) is 2. The SMILES string of the molecule is COc1ccccc1-c1nc(CN2CCCNC(=O)CCC(c3ccccc3)CCNC(=O)C2)c(C)o1. The average Bonchev–Trinajstić information content (AvgIpc) is 3.28. The Hall–Kier alpha value is -3.65. The number of nitrogens with zero attached hydrogens (tertiary/aromatic N) is 2. The number of amides is 2. The molecule has 37 heavy (non-hydrogen) atoms. The second-order valence-corrected chi connectivity index (χ2v) is 9.42. The van der Waals surface area contributed by atoms with Crippen molar-refractivity contribution in [2.24, 2.45) is 0 Å². The van der Waals surface area contributed by atoms with Crippen LogP contribution in [0.25, 0.3) is 11.5 Å². The van der Waals surface area contributed by atoms with Gasteiger partial charge in [-0.1, -0.05) is 42.5 Å². The molecule has 1 aromatic heterocycles. The monoisotopic (exact) mass is 504 g/mol. The number of carbonyl (C=O) groups excluding carboxylic acids is 2. The zero-order valence-electron chi connectivity index (χ0n) is 21.7. The zero-order valence-corrected chi connectivity index (χ0v) is 21.7. The lowest BCUT2D eigenvalue weighted by atomic mass is 9.91. The van der Waals surface area contributed by atoms with Crippen LogP contribution in [0.15, 0.2) is 59.0 Å². The van der Waals surface area contributed by atoms with E-state index in [1.54, 1.807) is 7.11 Å². The molecule has 8 nitrogen and oxygen atoms in total. The molecule has 1 unspecified atom stereocenters. The van der Waals surface area contributed by atoms with Crippen molar-refractivity contribution in [1.82, 2.24) is 20.5 Å². The first-order valence-electron chi connectivity index (χ1n) is 12.9. The summed E-state index contributed by atoms with van der Waals surface area (Å²) in [5.74, 6) is 2.17. The lowest BCUT2D eigenvalue weighted by Gasteiger charge is -2.23. The van der Waals surface area contributed by atoms with Gasteiger partial charge >= 0.3 is 0 Å². The maximum absolute atomic E-state index is 12.9. The van der Waals surface area contributed by atoms with Crippen molar-refractivity contribution in [3.05, 3.63) is 71.6 Å². The minimum absolute atomic E-state index is 0.0148. The second kappa shape index (κ2) is 13.1. The van der Waals surface area contributed by atoms with E-state index in [9.17, 15) is 9.59 Å². The van der Waals surface area contributed by atoms with Crippen molar-refractivity contribution in [3.63, 3.8) is 0 Å². The van der Waals surface area contributed by atoms with Crippen LogP contribution in [0.3, 0.4) is 0 Å². The van der Waals surface area contributed by atoms with Gasteiger partial charge in [-0.25, -0.2) is 4.98 Å². The molecule has 0 radical (unpaired) electrons. The van der Waals surface area contributed by atoms with Crippen LogP contribution < -0.4 is 15.4 Å². The number of para-hydroxylation sites is 1. The molecule has 4 rings (SSSR count). The molecule has 0 aliphatic carbocycles. The average molecular weight is 505 g/mol. The summed E-state index contributed by atoms with van der Waals surface area (Å²) in [6.45, 7) is 4.39. The molecule has 1 fully saturated rings. The van der Waals surface area contributed by atoms with E-state index in [0.717, 1.165) is 30.5 Å². The zero-order chi connectivity index (χ0) is 26.0. The minimum atomic E-state index is -0.0148. The molecule has 1 aliphatic rings. The summed E-state index contributed by atoms with van der Waals surface area (Å²) in [4.78, 5) is 32.1. The van der Waals surface area contributed by atoms with Gasteiger partial charge in [0.1, 0.15) is 11.5 Å². The molecule has 3 aromatic rings. The molecule has 2 aromatic carbocycles. The molecule has 1 saturated heterocycles. The third-order valence-electron chi connectivity index (χ3n) is 6.75. The van der Waals surface area contributed by atoms with Crippen molar-refractivity contribution in [3.8, 4) is 17.2 Å². The van der Waals surface area contributed by atoms with Gasteiger partial charge in [-0.2, -0.15) is 0 Å². The largest absolute Gasteiger partial charge is 0.496 e. The number of aromatic nitrogens is 1. The van der Waals surface area contributed by atoms with Crippen molar-refractivity contribution < 1.29 is 18.7 Å². The Bertz CT molecular complexity index is 1180. The minimum Gasteiger partial charge on any atom is -0.496 e. The number of oxazole rings is 1. The number of methoxy groups -OCH3 is 1. The Morgan fingerprint density at radius 1 is 1.00 bits per heavy atom. The quantitative estimate of drug-likeness (QED) is 0.544. The number of hydrogen-bond donors (Lipinski definition) is 2. The molecule has 196 valence electrons. The van der Waals surface area contributed by atoms with E-state index in [0.29, 0.717) is 50.0 Å². The van der Waals surface area contributed by atoms with Crippen LogP contribution in [-0.4, -0.2) is 55.0 Å². The first-order chi connectivity index (χ1) is 18.0. The van der Waals surface area contributed by atoms with Crippen LogP contribution in [0.2, 0.25) is 0 Å². The summed E-state index contributed by atoms with van der Waals surface area (Å²) >= 11 is 0. The number of carbonyl (C=O) groups is 2. The van der Waals surface area contributed by atoms with Crippen molar-refractivity contribution in [2.45, 2.75) is 45.1 Å². The smallest absolute Gasteiger partial charge is 0.234 e. The second-order valence-electron chi connectivity index (χ2n) is 9.42. The van der Waals surface area contributed by atoms with Crippen LogP contribution in [0, 0.1) is 6.92 Å². The molecule has 1 atom stereocenters. The molecule has 2 heterocycles. The van der Waals surface area contributed by atoms with Crippen molar-refractivity contribution >= 4 is 11.8 Å². The van der Waals surface area contributed by atoms with Crippen LogP contribution in [0.4, 0.5) is 0 Å². The summed E-state index contributed by atoms with van der Waals surface area (Å²) in [6, 6.07) is 17.8. The molecule has 0 spiro atoms. The highest BCUT2D eigenvalue weighted by atomic mass is 16.5. The van der Waals surface area contributed by atoms with Gasteiger partial charge < -0.3 is 19.8 Å². The number of hydrogen-bond acceptors (Lipinski definition) is 6. The summed E-state index contributed by atoms with van der Waals surface area (Å²) in [7, 11) is 1.62. The predicted octanol–water partition coefficient (Wildman–Crippen LogP) is 4.05. The van der Waals surface area contributed by atoms with E-state index in [2.05, 4.69) is 27.7 Å². The lowest BCUT2D eigenvalue weighted by molar-refractivity contribution is -0.123. The number of benzene rings is 2. The Labute approximate surface area is 218 Å². The maximum atomic E-state index is 12.9. The molecule has 0 bridgehead atoms. The maximum Gasteiger partial charge on any atom is 0.234 e. The molecule has 8 heteroatoms. The predicted molar refractivity (Wildman–Crippen MR) is 142 cm³/mol. The molecular formula is C29H36N4O4. The van der Waals surface area contributed by atoms with Crippen LogP contribution in [0.1, 0.15) is 48.6 Å². The Morgan fingerprint density at radius 2 is 1.76 bits per heavy atom. The molecular weight excluding hydrogens is 468 g/mol. The first-order valence-corrected chi connectivity index (χ1v) is 12.9. The van der Waals surface area contributed by atoms with Gasteiger partial charge in [-0.15, -0.1) is 0 Å². The lowest BCUT2D eigenvalue weighted by Crippen LogP contribution is -2.39. The number of rotatable bonds is 5. The van der Waals surface area contributed by atoms with E-state index < -0.39 is 0 Å². The van der Waals surface area contributed by atoms with Gasteiger partial charge in [0, 0.05) is 32.6 Å². The normalized spacial score (nSPS) is 18.5. The highest BCUT2D eigenvalue weighted by molar-refractivity contribution is 5.78. The third-order valence-corrected chi connectivity index (χ3v) is 6.75. The molecule has 1 aliphatic heterocycles. The fraction of sp³-hybridized carbons (Fsp3) is 0.414. The van der Waals surface area contributed by atoms with Gasteiger partial charge in [0.05, 0.1) is 24.9 Å². The fourth-order valence-corrected chi connectivity index (χ4v) is 4.71. The third kappa shape index (κ3) is 7.43. The van der Waals surface area contributed by atoms with E-state index in [4.69, 9.17) is 14.1 Å². The van der Waals surface area contributed by atoms with Crippen LogP contribution in [0.5, 0.6) is 5.75 Å². The Kier molecular flexibility index (Phi) is 9.32. The molecule has 2 N–H and O–H groups in total. The Balaban J connectivity index is 1.44. The first kappa shape index (κ1) is 26.4. The van der Waals surface area contributed by atoms with Crippen LogP contribution >= 0.6 is 0 Å². The van der Waals surface area contributed by atoms with Crippen LogP contribution in [-0.2, 0) is 16.1 Å². The molecule has 2 amide bonds. The standard InChI is InChI=1S/C29H36N4O4/c1-21-25(32-29(37-21)24-11-6-7-12-26(24)36-2)19-33-18-8-16-30-27(34)14-13-23(15-17-31-28(35)20-33)22-9-4-3-5-10-22/h3-7,9-12,23H,8,13-20H2,1-2H3,(H,30,34)(H,31,35). The number of aryl methyl sites for hydroxylation is 1. The summed E-state index contributed by atoms with van der Waals surface area (Å²) < 4.78 is 11.4. The summed E-state index contributed by atoms with van der Waals surface area (Å²) in [5, 5.41) is 6.12. The topological polar surface area (TPSA) is 96.7 Å². The highest BCUT2D eigenvalue weighted by Gasteiger charge is 2.20. The van der Waals surface area contributed by atoms with Crippen molar-refractivity contribution in [2.75, 3.05) is 33.3 Å². The number of ether oxygens (including phenoxy) is 1. The van der Waals surface area contributed by atoms with Crippen molar-refractivity contribution in [1.29, 1.82) is 0 Å². The van der Waals surface area contributed by atoms with Gasteiger partial charge in [0.2, 0.25) is 17.7 Å². The van der Waals surface area contributed by atoms with E-state index in [-0.39, 0.29) is 24.3 Å². The molecule has 0 saturated carbocycles. The van der Waals surface area contributed by atoms with Gasteiger partial charge in [0.15, 0.2) is 0 Å². The Morgan fingerprint density at radius 3 is 2.57 bits per heavy atom. The van der Waals surface area contributed by atoms with E-state index in [1.807, 2.05) is 49.4 Å². The van der Waals surface area contributed by atoms with Gasteiger partial charge in [-0.05, 0) is 49.8 Å². The van der Waals surface area contributed by atoms with E-state index >= 15 is 0 Å². The van der Waals surface area contributed by atoms with E-state index in [1.165, 1.54) is 5.56 Å². The van der Waals surface area contributed by atoms with Gasteiger partial charge in [0.25, 0.3) is 0 Å². The fourth-order valence-electron chi connectivity index (χ4n) is 4.71. The highest BCUT2D eigenvalue weighted by Crippen LogP contribution is 2.30.